The molecule has 2 heterocycles. The molecule has 0 unspecified atom stereocenters. The van der Waals surface area contributed by atoms with Crippen LogP contribution in [0, 0.1) is 13.8 Å². The summed E-state index contributed by atoms with van der Waals surface area (Å²) < 4.78 is 44.0. The van der Waals surface area contributed by atoms with Gasteiger partial charge in [-0.15, -0.1) is 0 Å². The molecule has 6 heteroatoms. The van der Waals surface area contributed by atoms with Crippen LogP contribution in [0.1, 0.15) is 16.8 Å². The minimum atomic E-state index is -4.45. The first kappa shape index (κ1) is 17.3. The van der Waals surface area contributed by atoms with Crippen molar-refractivity contribution in [2.75, 3.05) is 0 Å². The van der Waals surface area contributed by atoms with Gasteiger partial charge in [0.2, 0.25) is 5.69 Å². The molecule has 0 amide bonds. The average molecular weight is 368 g/mol. The Morgan fingerprint density at radius 2 is 1.70 bits per heavy atom. The zero-order chi connectivity index (χ0) is 19.2. The Kier molecular flexibility index (Phi) is 3.98. The maximum absolute atomic E-state index is 13.6. The highest BCUT2D eigenvalue weighted by atomic mass is 19.4. The molecule has 4 aromatic rings. The maximum atomic E-state index is 13.6. The van der Waals surface area contributed by atoms with Crippen molar-refractivity contribution >= 4 is 10.9 Å². The molecule has 0 radical (unpaired) electrons. The fourth-order valence-corrected chi connectivity index (χ4v) is 3.22. The van der Waals surface area contributed by atoms with Crippen LogP contribution in [0.4, 0.5) is 13.2 Å². The van der Waals surface area contributed by atoms with E-state index >= 15 is 0 Å². The summed E-state index contributed by atoms with van der Waals surface area (Å²) in [7, 11) is 0. The van der Waals surface area contributed by atoms with Gasteiger partial charge in [0, 0.05) is 42.3 Å². The lowest BCUT2D eigenvalue weighted by atomic mass is 10.1. The Bertz CT molecular complexity index is 1110. The molecule has 0 N–H and O–H groups in total. The van der Waals surface area contributed by atoms with Crippen LogP contribution in [0.2, 0.25) is 0 Å². The largest absolute Gasteiger partial charge is 0.416 e. The van der Waals surface area contributed by atoms with Crippen molar-refractivity contribution in [3.05, 3.63) is 83.8 Å². The van der Waals surface area contributed by atoms with E-state index in [1.807, 2.05) is 50.2 Å². The third-order valence-corrected chi connectivity index (χ3v) is 4.66. The Morgan fingerprint density at radius 3 is 2.41 bits per heavy atom. The summed E-state index contributed by atoms with van der Waals surface area (Å²) in [5.74, 6) is 0. The highest BCUT2D eigenvalue weighted by molar-refractivity contribution is 5.78. The van der Waals surface area contributed by atoms with E-state index in [0.29, 0.717) is 11.4 Å². The molecule has 0 aliphatic heterocycles. The molecule has 2 aromatic carbocycles. The quantitative estimate of drug-likeness (QED) is 0.460. The maximum Gasteiger partial charge on any atom is 0.416 e. The summed E-state index contributed by atoms with van der Waals surface area (Å²) in [6.07, 6.45) is -0.932. The van der Waals surface area contributed by atoms with Crippen molar-refractivity contribution < 1.29 is 17.7 Å². The van der Waals surface area contributed by atoms with Crippen LogP contribution in [-0.2, 0) is 6.18 Å². The predicted octanol–water partition coefficient (Wildman–Crippen LogP) is 4.94. The number of aryl methyl sites for hydroxylation is 1. The molecule has 2 aromatic heterocycles. The highest BCUT2D eigenvalue weighted by Gasteiger charge is 2.34. The van der Waals surface area contributed by atoms with Gasteiger partial charge < -0.3 is 0 Å². The average Bonchev–Trinajstić information content (AvgIpc) is 3.05. The van der Waals surface area contributed by atoms with Crippen LogP contribution in [0.15, 0.2) is 67.0 Å². The van der Waals surface area contributed by atoms with Crippen molar-refractivity contribution in [3.8, 4) is 11.4 Å². The van der Waals surface area contributed by atoms with Crippen molar-refractivity contribution in [2.24, 2.45) is 0 Å². The molecule has 3 nitrogen and oxygen atoms in total. The zero-order valence-corrected chi connectivity index (χ0v) is 14.8. The van der Waals surface area contributed by atoms with Gasteiger partial charge in [-0.05, 0) is 19.1 Å². The van der Waals surface area contributed by atoms with E-state index in [4.69, 9.17) is 0 Å². The molecule has 0 saturated heterocycles. The second kappa shape index (κ2) is 6.23. The molecule has 0 aliphatic rings. The fraction of sp³-hybridized carbons (Fsp3) is 0.143. The fourth-order valence-electron chi connectivity index (χ4n) is 3.22. The van der Waals surface area contributed by atoms with E-state index in [1.54, 1.807) is 23.0 Å². The summed E-state index contributed by atoms with van der Waals surface area (Å²) in [6.45, 7) is 3.68. The number of hydrogen-bond acceptors (Lipinski definition) is 1. The van der Waals surface area contributed by atoms with Crippen molar-refractivity contribution in [3.63, 3.8) is 0 Å². The van der Waals surface area contributed by atoms with E-state index in [1.165, 1.54) is 10.7 Å². The number of pyridine rings is 1. The number of benzene rings is 2. The smallest absolute Gasteiger partial charge is 0.239 e. The molecule has 27 heavy (non-hydrogen) atoms. The molecular weight excluding hydrogens is 351 g/mol. The minimum absolute atomic E-state index is 0.409. The number of alkyl halides is 3. The van der Waals surface area contributed by atoms with Gasteiger partial charge in [-0.3, -0.25) is 0 Å². The lowest BCUT2D eigenvalue weighted by Crippen LogP contribution is -2.35. The summed E-state index contributed by atoms with van der Waals surface area (Å²) in [6, 6.07) is 15.3. The van der Waals surface area contributed by atoms with E-state index in [9.17, 15) is 13.2 Å². The molecule has 0 fully saturated rings. The number of rotatable bonds is 2. The molecule has 0 bridgehead atoms. The molecule has 0 aliphatic carbocycles. The van der Waals surface area contributed by atoms with E-state index < -0.39 is 11.7 Å². The molecule has 0 saturated carbocycles. The first-order valence-corrected chi connectivity index (χ1v) is 8.49. The highest BCUT2D eigenvalue weighted by Crippen LogP contribution is 2.33. The van der Waals surface area contributed by atoms with Crippen LogP contribution in [-0.4, -0.2) is 9.78 Å². The Balaban J connectivity index is 2.01. The number of fused-ring (bicyclic) bond motifs is 1. The van der Waals surface area contributed by atoms with E-state index in [-0.39, 0.29) is 0 Å². The number of halogens is 3. The van der Waals surface area contributed by atoms with Gasteiger partial charge in [0.15, 0.2) is 11.9 Å². The van der Waals surface area contributed by atoms with Crippen molar-refractivity contribution in [1.29, 1.82) is 0 Å². The van der Waals surface area contributed by atoms with Gasteiger partial charge >= 0.3 is 6.18 Å². The van der Waals surface area contributed by atoms with Gasteiger partial charge in [0.25, 0.3) is 0 Å². The van der Waals surface area contributed by atoms with E-state index in [0.717, 1.165) is 28.2 Å². The first-order valence-electron chi connectivity index (χ1n) is 8.49. The molecule has 0 atom stereocenters. The monoisotopic (exact) mass is 368 g/mol. The molecule has 136 valence electrons. The van der Waals surface area contributed by atoms with Crippen molar-refractivity contribution in [1.82, 2.24) is 9.78 Å². The number of hydrogen-bond donors (Lipinski definition) is 0. The third kappa shape index (κ3) is 3.07. The summed E-state index contributed by atoms with van der Waals surface area (Å²) in [5.41, 5.74) is 2.49. The van der Waals surface area contributed by atoms with Gasteiger partial charge in [0.1, 0.15) is 0 Å². The second-order valence-corrected chi connectivity index (χ2v) is 6.48. The van der Waals surface area contributed by atoms with Crippen LogP contribution in [0.5, 0.6) is 0 Å². The Morgan fingerprint density at radius 1 is 0.963 bits per heavy atom. The van der Waals surface area contributed by atoms with Gasteiger partial charge in [-0.25, -0.2) is 4.68 Å². The van der Waals surface area contributed by atoms with Gasteiger partial charge in [-0.1, -0.05) is 24.3 Å². The summed E-state index contributed by atoms with van der Waals surface area (Å²) in [4.78, 5) is 0. The van der Waals surface area contributed by atoms with E-state index in [2.05, 4.69) is 5.10 Å². The van der Waals surface area contributed by atoms with Gasteiger partial charge in [-0.2, -0.15) is 22.8 Å². The zero-order valence-electron chi connectivity index (χ0n) is 14.8. The normalized spacial score (nSPS) is 11.9. The lowest BCUT2D eigenvalue weighted by Gasteiger charge is -2.14. The summed E-state index contributed by atoms with van der Waals surface area (Å²) in [5, 5.41) is 5.34. The Labute approximate surface area is 154 Å². The SMILES string of the molecule is Cc1c(-n2cc3ccccc3n2)cc(C(F)(F)F)cc1-[n+]1ccccc1C. The second-order valence-electron chi connectivity index (χ2n) is 6.48. The standard InChI is InChI=1S/C21H17F3N3/c1-14-7-5-6-10-26(14)19-11-17(21(22,23)24)12-20(15(19)2)27-13-16-8-3-4-9-18(16)25-27/h3-13H,1-2H3/q+1. The first-order chi connectivity index (χ1) is 12.8. The molecule has 0 spiro atoms. The predicted molar refractivity (Wildman–Crippen MR) is 97.1 cm³/mol. The van der Waals surface area contributed by atoms with Crippen LogP contribution < -0.4 is 4.57 Å². The van der Waals surface area contributed by atoms with Crippen LogP contribution in [0.25, 0.3) is 22.3 Å². The topological polar surface area (TPSA) is 21.7 Å². The molecule has 4 rings (SSSR count). The Hall–Kier alpha value is -3.15. The lowest BCUT2D eigenvalue weighted by molar-refractivity contribution is -0.603. The van der Waals surface area contributed by atoms with Crippen LogP contribution >= 0.6 is 0 Å². The minimum Gasteiger partial charge on any atom is -0.239 e. The van der Waals surface area contributed by atoms with Crippen LogP contribution in [0.3, 0.4) is 0 Å². The molecular formula is C21H17F3N3+. The van der Waals surface area contributed by atoms with Gasteiger partial charge in [0.05, 0.1) is 16.8 Å². The number of aromatic nitrogens is 3. The summed E-state index contributed by atoms with van der Waals surface area (Å²) >= 11 is 0. The third-order valence-electron chi connectivity index (χ3n) is 4.66. The van der Waals surface area contributed by atoms with Crippen molar-refractivity contribution in [2.45, 2.75) is 20.0 Å². The number of nitrogens with zero attached hydrogens (tertiary/aromatic N) is 3.